The second kappa shape index (κ2) is 10.9. The molecule has 1 aliphatic rings. The summed E-state index contributed by atoms with van der Waals surface area (Å²) < 4.78 is 40.0. The third-order valence-electron chi connectivity index (χ3n) is 5.60. The van der Waals surface area contributed by atoms with Gasteiger partial charge in [0.2, 0.25) is 10.0 Å². The lowest BCUT2D eigenvalue weighted by molar-refractivity contribution is -0.144. The molecule has 0 aliphatic carbocycles. The van der Waals surface area contributed by atoms with Gasteiger partial charge in [0, 0.05) is 6.04 Å². The van der Waals surface area contributed by atoms with Crippen LogP contribution < -0.4 is 0 Å². The molecule has 0 saturated heterocycles. The zero-order valence-corrected chi connectivity index (χ0v) is 19.7. The van der Waals surface area contributed by atoms with E-state index in [-0.39, 0.29) is 24.5 Å². The molecule has 1 aliphatic heterocycles. The number of sulfonamides is 1. The first kappa shape index (κ1) is 24.2. The molecule has 3 rings (SSSR count). The number of aryl methyl sites for hydroxylation is 1. The smallest absolute Gasteiger partial charge is 0.307 e. The molecule has 0 aromatic heterocycles. The van der Waals surface area contributed by atoms with Crippen LogP contribution in [0.3, 0.4) is 0 Å². The Balaban J connectivity index is 1.89. The van der Waals surface area contributed by atoms with Gasteiger partial charge >= 0.3 is 5.97 Å². The average Bonchev–Trinajstić information content (AvgIpc) is 2.77. The van der Waals surface area contributed by atoms with Crippen LogP contribution in [0.4, 0.5) is 0 Å². The molecule has 0 saturated carbocycles. The van der Waals surface area contributed by atoms with E-state index in [9.17, 15) is 13.2 Å². The summed E-state index contributed by atoms with van der Waals surface area (Å²) in [6.45, 7) is 6.40. The van der Waals surface area contributed by atoms with Crippen LogP contribution in [0.25, 0.3) is 0 Å². The highest BCUT2D eigenvalue weighted by Crippen LogP contribution is 2.32. The van der Waals surface area contributed by atoms with E-state index in [1.54, 1.807) is 31.2 Å². The van der Waals surface area contributed by atoms with Gasteiger partial charge in [-0.15, -0.1) is 0 Å². The van der Waals surface area contributed by atoms with Gasteiger partial charge in [-0.05, 0) is 44.9 Å². The Bertz CT molecular complexity index is 1030. The maximum absolute atomic E-state index is 13.7. The molecule has 0 N–H and O–H groups in total. The third-order valence-corrected chi connectivity index (χ3v) is 7.57. The SMILES string of the molecule is CCOC(=O)C[C@H]1CC=C(C)[C@@H](COCc2ccccc2)N1S(=O)(=O)c1ccc(C)cc1. The summed E-state index contributed by atoms with van der Waals surface area (Å²) in [5.74, 6) is -0.404. The van der Waals surface area contributed by atoms with E-state index in [1.807, 2.05) is 50.3 Å². The van der Waals surface area contributed by atoms with Crippen LogP contribution in [0.1, 0.15) is 37.8 Å². The van der Waals surface area contributed by atoms with E-state index < -0.39 is 28.1 Å². The summed E-state index contributed by atoms with van der Waals surface area (Å²) in [5.41, 5.74) is 2.90. The number of carbonyl (C=O) groups excluding carboxylic acids is 1. The van der Waals surface area contributed by atoms with Gasteiger partial charge in [0.15, 0.2) is 0 Å². The van der Waals surface area contributed by atoms with Crippen molar-refractivity contribution in [2.75, 3.05) is 13.2 Å². The number of rotatable bonds is 9. The van der Waals surface area contributed by atoms with Gasteiger partial charge in [-0.3, -0.25) is 4.79 Å². The first-order valence-corrected chi connectivity index (χ1v) is 12.3. The minimum absolute atomic E-state index is 0.00209. The van der Waals surface area contributed by atoms with Crippen molar-refractivity contribution >= 4 is 16.0 Å². The number of hydrogen-bond acceptors (Lipinski definition) is 5. The molecule has 0 bridgehead atoms. The number of nitrogens with zero attached hydrogens (tertiary/aromatic N) is 1. The normalized spacial score (nSPS) is 19.4. The number of hydrogen-bond donors (Lipinski definition) is 0. The minimum atomic E-state index is -3.86. The van der Waals surface area contributed by atoms with Crippen molar-refractivity contribution in [3.63, 3.8) is 0 Å². The van der Waals surface area contributed by atoms with E-state index in [0.29, 0.717) is 13.0 Å². The highest BCUT2D eigenvalue weighted by atomic mass is 32.2. The highest BCUT2D eigenvalue weighted by molar-refractivity contribution is 7.89. The van der Waals surface area contributed by atoms with Crippen LogP contribution in [0.5, 0.6) is 0 Å². The number of carbonyl (C=O) groups is 1. The molecule has 0 fully saturated rings. The van der Waals surface area contributed by atoms with E-state index in [4.69, 9.17) is 9.47 Å². The molecule has 0 amide bonds. The Morgan fingerprint density at radius 1 is 1.06 bits per heavy atom. The van der Waals surface area contributed by atoms with Crippen molar-refractivity contribution in [3.05, 3.63) is 77.4 Å². The van der Waals surface area contributed by atoms with Crippen LogP contribution >= 0.6 is 0 Å². The van der Waals surface area contributed by atoms with Crippen molar-refractivity contribution in [3.8, 4) is 0 Å². The summed E-state index contributed by atoms with van der Waals surface area (Å²) in [6.07, 6.45) is 2.45. The zero-order valence-electron chi connectivity index (χ0n) is 18.9. The summed E-state index contributed by atoms with van der Waals surface area (Å²) in [5, 5.41) is 0. The molecule has 0 unspecified atom stereocenters. The quantitative estimate of drug-likeness (QED) is 0.416. The van der Waals surface area contributed by atoms with E-state index in [1.165, 1.54) is 4.31 Å². The third kappa shape index (κ3) is 5.85. The van der Waals surface area contributed by atoms with Gasteiger partial charge in [-0.2, -0.15) is 4.31 Å². The highest BCUT2D eigenvalue weighted by Gasteiger charge is 2.41. The predicted molar refractivity (Wildman–Crippen MR) is 124 cm³/mol. The number of esters is 1. The first-order chi connectivity index (χ1) is 15.3. The topological polar surface area (TPSA) is 72.9 Å². The number of benzene rings is 2. The van der Waals surface area contributed by atoms with E-state index in [2.05, 4.69) is 0 Å². The van der Waals surface area contributed by atoms with Crippen molar-refractivity contribution in [2.45, 2.75) is 57.2 Å². The van der Waals surface area contributed by atoms with E-state index in [0.717, 1.165) is 16.7 Å². The van der Waals surface area contributed by atoms with Crippen LogP contribution in [-0.2, 0) is 30.9 Å². The first-order valence-electron chi connectivity index (χ1n) is 10.9. The lowest BCUT2D eigenvalue weighted by Gasteiger charge is -2.40. The minimum Gasteiger partial charge on any atom is -0.466 e. The lowest BCUT2D eigenvalue weighted by Crippen LogP contribution is -2.52. The van der Waals surface area contributed by atoms with Crippen molar-refractivity contribution in [2.24, 2.45) is 0 Å². The Morgan fingerprint density at radius 3 is 2.41 bits per heavy atom. The van der Waals surface area contributed by atoms with Gasteiger partial charge in [-0.25, -0.2) is 8.42 Å². The molecule has 7 heteroatoms. The maximum Gasteiger partial charge on any atom is 0.307 e. The van der Waals surface area contributed by atoms with Gasteiger partial charge in [0.1, 0.15) is 0 Å². The zero-order chi connectivity index (χ0) is 23.1. The van der Waals surface area contributed by atoms with E-state index >= 15 is 0 Å². The fourth-order valence-electron chi connectivity index (χ4n) is 3.87. The molecular formula is C25H31NO5S. The van der Waals surface area contributed by atoms with Crippen molar-refractivity contribution in [1.29, 1.82) is 0 Å². The van der Waals surface area contributed by atoms with Gasteiger partial charge < -0.3 is 9.47 Å². The Kier molecular flexibility index (Phi) is 8.23. The average molecular weight is 458 g/mol. The molecule has 0 radical (unpaired) electrons. The standard InChI is InChI=1S/C25H31NO5S/c1-4-31-25(27)16-22-13-12-20(3)24(18-30-17-21-8-6-5-7-9-21)26(22)32(28,29)23-14-10-19(2)11-15-23/h5-12,14-15,22,24H,4,13,16-18H2,1-3H3/t22-,24-/m1/s1. The molecule has 0 spiro atoms. The van der Waals surface area contributed by atoms with Crippen molar-refractivity contribution < 1.29 is 22.7 Å². The van der Waals surface area contributed by atoms with Crippen LogP contribution in [0, 0.1) is 6.92 Å². The fourth-order valence-corrected chi connectivity index (χ4v) is 5.70. The van der Waals surface area contributed by atoms with Crippen molar-refractivity contribution in [1.82, 2.24) is 4.31 Å². The molecule has 6 nitrogen and oxygen atoms in total. The Hall–Kier alpha value is -2.48. The van der Waals surface area contributed by atoms with Gasteiger partial charge in [0.05, 0.1) is 37.2 Å². The van der Waals surface area contributed by atoms with Crippen LogP contribution in [0.15, 0.2) is 71.1 Å². The predicted octanol–water partition coefficient (Wildman–Crippen LogP) is 4.24. The van der Waals surface area contributed by atoms with Gasteiger partial charge in [-0.1, -0.05) is 59.7 Å². The summed E-state index contributed by atoms with van der Waals surface area (Å²) >= 11 is 0. The molecule has 172 valence electrons. The fraction of sp³-hybridized carbons (Fsp3) is 0.400. The summed E-state index contributed by atoms with van der Waals surface area (Å²) in [6, 6.07) is 15.5. The summed E-state index contributed by atoms with van der Waals surface area (Å²) in [4.78, 5) is 12.5. The summed E-state index contributed by atoms with van der Waals surface area (Å²) in [7, 11) is -3.86. The lowest BCUT2D eigenvalue weighted by atomic mass is 9.97. The molecule has 2 aromatic carbocycles. The Labute approximate surface area is 190 Å². The molecule has 2 aromatic rings. The monoisotopic (exact) mass is 457 g/mol. The second-order valence-corrected chi connectivity index (χ2v) is 9.85. The van der Waals surface area contributed by atoms with Crippen LogP contribution in [-0.4, -0.2) is 44.0 Å². The van der Waals surface area contributed by atoms with Crippen LogP contribution in [0.2, 0.25) is 0 Å². The molecule has 2 atom stereocenters. The molecule has 32 heavy (non-hydrogen) atoms. The van der Waals surface area contributed by atoms with Gasteiger partial charge in [0.25, 0.3) is 0 Å². The maximum atomic E-state index is 13.7. The number of ether oxygens (including phenoxy) is 2. The molecular weight excluding hydrogens is 426 g/mol. The molecule has 1 heterocycles. The second-order valence-electron chi connectivity index (χ2n) is 8.01. The largest absolute Gasteiger partial charge is 0.466 e. The Morgan fingerprint density at radius 2 is 1.75 bits per heavy atom.